The van der Waals surface area contributed by atoms with Crippen LogP contribution in [0.15, 0.2) is 24.3 Å². The molecule has 0 aliphatic heterocycles. The highest BCUT2D eigenvalue weighted by Crippen LogP contribution is 2.12. The second kappa shape index (κ2) is 8.02. The molecule has 1 rings (SSSR count). The van der Waals surface area contributed by atoms with Crippen LogP contribution in [0.25, 0.3) is 0 Å². The molecule has 1 aromatic carbocycles. The fourth-order valence-corrected chi connectivity index (χ4v) is 1.80. The highest BCUT2D eigenvalue weighted by Gasteiger charge is 2.12. The van der Waals surface area contributed by atoms with Gasteiger partial charge in [0.15, 0.2) is 0 Å². The normalized spacial score (nSPS) is 12.8. The lowest BCUT2D eigenvalue weighted by Gasteiger charge is -2.22. The second-order valence-corrected chi connectivity index (χ2v) is 5.63. The highest BCUT2D eigenvalue weighted by atomic mass is 16.1. The number of amides is 1. The van der Waals surface area contributed by atoms with Gasteiger partial charge >= 0.3 is 0 Å². The van der Waals surface area contributed by atoms with E-state index in [1.54, 1.807) is 0 Å². The molecule has 4 nitrogen and oxygen atoms in total. The van der Waals surface area contributed by atoms with Gasteiger partial charge < -0.3 is 11.1 Å². The third-order valence-corrected chi connectivity index (χ3v) is 3.67. The molecule has 0 spiro atoms. The third-order valence-electron chi connectivity index (χ3n) is 3.67. The molecular formula is C16H27N3O. The summed E-state index contributed by atoms with van der Waals surface area (Å²) in [6.07, 6.45) is 0. The summed E-state index contributed by atoms with van der Waals surface area (Å²) in [5, 5.41) is 2.96. The predicted molar refractivity (Wildman–Crippen MR) is 83.1 cm³/mol. The van der Waals surface area contributed by atoms with Crippen molar-refractivity contribution >= 4 is 5.91 Å². The van der Waals surface area contributed by atoms with Crippen molar-refractivity contribution < 1.29 is 4.79 Å². The Kier molecular flexibility index (Phi) is 6.68. The van der Waals surface area contributed by atoms with Crippen LogP contribution >= 0.6 is 0 Å². The molecule has 1 amide bonds. The molecule has 4 heteroatoms. The Balaban J connectivity index is 2.68. The van der Waals surface area contributed by atoms with Crippen LogP contribution < -0.4 is 11.1 Å². The van der Waals surface area contributed by atoms with Crippen LogP contribution in [0.2, 0.25) is 0 Å². The number of carbonyl (C=O) groups is 1. The summed E-state index contributed by atoms with van der Waals surface area (Å²) in [7, 11) is 2.11. The maximum Gasteiger partial charge on any atom is 0.224 e. The molecule has 1 atom stereocenters. The molecular weight excluding hydrogens is 250 g/mol. The number of hydrogen-bond acceptors (Lipinski definition) is 3. The summed E-state index contributed by atoms with van der Waals surface area (Å²) >= 11 is 0. The SMILES string of the molecule is CC(CN)C(=O)NCc1ccccc1CN(C)C(C)C. The van der Waals surface area contributed by atoms with Crippen LogP contribution in [0.1, 0.15) is 31.9 Å². The van der Waals surface area contributed by atoms with Gasteiger partial charge in [-0.3, -0.25) is 9.69 Å². The largest absolute Gasteiger partial charge is 0.352 e. The number of carbonyl (C=O) groups excluding carboxylic acids is 1. The van der Waals surface area contributed by atoms with E-state index in [1.807, 2.05) is 19.1 Å². The first kappa shape index (κ1) is 16.7. The van der Waals surface area contributed by atoms with Gasteiger partial charge in [-0.15, -0.1) is 0 Å². The monoisotopic (exact) mass is 277 g/mol. The first-order valence-corrected chi connectivity index (χ1v) is 7.20. The Bertz CT molecular complexity index is 431. The molecule has 0 saturated carbocycles. The molecule has 1 aromatic rings. The highest BCUT2D eigenvalue weighted by molar-refractivity contribution is 5.78. The van der Waals surface area contributed by atoms with Crippen molar-refractivity contribution in [1.82, 2.24) is 10.2 Å². The smallest absolute Gasteiger partial charge is 0.224 e. The fourth-order valence-electron chi connectivity index (χ4n) is 1.80. The van der Waals surface area contributed by atoms with Gasteiger partial charge in [0.25, 0.3) is 0 Å². The van der Waals surface area contributed by atoms with Crippen molar-refractivity contribution in [3.8, 4) is 0 Å². The Morgan fingerprint density at radius 2 is 1.85 bits per heavy atom. The van der Waals surface area contributed by atoms with Gasteiger partial charge in [0.05, 0.1) is 0 Å². The van der Waals surface area contributed by atoms with Gasteiger partial charge in [-0.05, 0) is 32.0 Å². The number of nitrogens with one attached hydrogen (secondary N) is 1. The second-order valence-electron chi connectivity index (χ2n) is 5.63. The lowest BCUT2D eigenvalue weighted by Crippen LogP contribution is -2.33. The van der Waals surface area contributed by atoms with Crippen molar-refractivity contribution in [2.75, 3.05) is 13.6 Å². The maximum absolute atomic E-state index is 11.8. The van der Waals surface area contributed by atoms with E-state index in [0.29, 0.717) is 19.1 Å². The molecule has 0 bridgehead atoms. The van der Waals surface area contributed by atoms with E-state index < -0.39 is 0 Å². The minimum absolute atomic E-state index is 0.0134. The van der Waals surface area contributed by atoms with Crippen molar-refractivity contribution in [1.29, 1.82) is 0 Å². The van der Waals surface area contributed by atoms with E-state index >= 15 is 0 Å². The molecule has 20 heavy (non-hydrogen) atoms. The molecule has 0 saturated heterocycles. The summed E-state index contributed by atoms with van der Waals surface area (Å²) < 4.78 is 0. The summed E-state index contributed by atoms with van der Waals surface area (Å²) in [5.41, 5.74) is 7.92. The van der Waals surface area contributed by atoms with E-state index in [2.05, 4.69) is 43.2 Å². The minimum atomic E-state index is -0.138. The zero-order valence-electron chi connectivity index (χ0n) is 13.0. The average Bonchev–Trinajstić information content (AvgIpc) is 2.44. The molecule has 3 N–H and O–H groups in total. The Hall–Kier alpha value is -1.39. The van der Waals surface area contributed by atoms with Crippen molar-refractivity contribution in [2.24, 2.45) is 11.7 Å². The van der Waals surface area contributed by atoms with E-state index in [0.717, 1.165) is 12.1 Å². The van der Waals surface area contributed by atoms with Crippen molar-refractivity contribution in [2.45, 2.75) is 39.9 Å². The Morgan fingerprint density at radius 1 is 1.25 bits per heavy atom. The first-order valence-electron chi connectivity index (χ1n) is 7.20. The average molecular weight is 277 g/mol. The molecule has 0 radical (unpaired) electrons. The predicted octanol–water partition coefficient (Wildman–Crippen LogP) is 1.74. The van der Waals surface area contributed by atoms with E-state index in [-0.39, 0.29) is 11.8 Å². The van der Waals surface area contributed by atoms with Gasteiger partial charge in [0, 0.05) is 31.6 Å². The zero-order valence-corrected chi connectivity index (χ0v) is 13.0. The van der Waals surface area contributed by atoms with Gasteiger partial charge in [0.2, 0.25) is 5.91 Å². The quantitative estimate of drug-likeness (QED) is 0.798. The van der Waals surface area contributed by atoms with Gasteiger partial charge in [-0.1, -0.05) is 31.2 Å². The Morgan fingerprint density at radius 3 is 2.40 bits per heavy atom. The van der Waals surface area contributed by atoms with Crippen LogP contribution in [0.4, 0.5) is 0 Å². The topological polar surface area (TPSA) is 58.4 Å². The van der Waals surface area contributed by atoms with Crippen LogP contribution in [0.5, 0.6) is 0 Å². The molecule has 0 aliphatic rings. The summed E-state index contributed by atoms with van der Waals surface area (Å²) in [4.78, 5) is 14.1. The number of nitrogens with zero attached hydrogens (tertiary/aromatic N) is 1. The zero-order chi connectivity index (χ0) is 15.1. The van der Waals surface area contributed by atoms with E-state index in [4.69, 9.17) is 5.73 Å². The third kappa shape index (κ3) is 4.94. The first-order chi connectivity index (χ1) is 9.45. The van der Waals surface area contributed by atoms with Crippen LogP contribution in [0, 0.1) is 5.92 Å². The van der Waals surface area contributed by atoms with Gasteiger partial charge in [-0.25, -0.2) is 0 Å². The maximum atomic E-state index is 11.8. The molecule has 112 valence electrons. The van der Waals surface area contributed by atoms with Gasteiger partial charge in [-0.2, -0.15) is 0 Å². The van der Waals surface area contributed by atoms with Crippen LogP contribution in [-0.4, -0.2) is 30.4 Å². The number of nitrogens with two attached hydrogens (primary N) is 1. The molecule has 0 aromatic heterocycles. The lowest BCUT2D eigenvalue weighted by atomic mass is 10.1. The minimum Gasteiger partial charge on any atom is -0.352 e. The number of rotatable bonds is 7. The molecule has 0 aliphatic carbocycles. The summed E-state index contributed by atoms with van der Waals surface area (Å²) in [6, 6.07) is 8.73. The standard InChI is InChI=1S/C16H27N3O/c1-12(2)19(4)11-15-8-6-5-7-14(15)10-18-16(20)13(3)9-17/h5-8,12-13H,9-11,17H2,1-4H3,(H,18,20). The fraction of sp³-hybridized carbons (Fsp3) is 0.562. The van der Waals surface area contributed by atoms with Crippen molar-refractivity contribution in [3.63, 3.8) is 0 Å². The molecule has 1 unspecified atom stereocenters. The Labute approximate surface area is 122 Å². The lowest BCUT2D eigenvalue weighted by molar-refractivity contribution is -0.124. The van der Waals surface area contributed by atoms with Crippen LogP contribution in [0.3, 0.4) is 0 Å². The van der Waals surface area contributed by atoms with Crippen LogP contribution in [-0.2, 0) is 17.9 Å². The van der Waals surface area contributed by atoms with E-state index in [9.17, 15) is 4.79 Å². The van der Waals surface area contributed by atoms with Gasteiger partial charge in [0.1, 0.15) is 0 Å². The number of benzene rings is 1. The summed E-state index contributed by atoms with van der Waals surface area (Å²) in [5.74, 6) is -0.125. The van der Waals surface area contributed by atoms with Crippen molar-refractivity contribution in [3.05, 3.63) is 35.4 Å². The molecule has 0 heterocycles. The van der Waals surface area contributed by atoms with E-state index in [1.165, 1.54) is 5.56 Å². The molecule has 0 fully saturated rings. The summed E-state index contributed by atoms with van der Waals surface area (Å²) in [6.45, 7) is 8.01. The number of hydrogen-bond donors (Lipinski definition) is 2.